The number of hydrogen-bond acceptors (Lipinski definition) is 5. The van der Waals surface area contributed by atoms with Crippen molar-refractivity contribution in [2.75, 3.05) is 13.4 Å². The van der Waals surface area contributed by atoms with Gasteiger partial charge < -0.3 is 19.3 Å². The lowest BCUT2D eigenvalue weighted by Crippen LogP contribution is -2.30. The van der Waals surface area contributed by atoms with Crippen molar-refractivity contribution in [1.29, 1.82) is 0 Å². The molecule has 21 heavy (non-hydrogen) atoms. The molecule has 0 radical (unpaired) electrons. The van der Waals surface area contributed by atoms with Crippen molar-refractivity contribution in [2.45, 2.75) is 32.3 Å². The largest absolute Gasteiger partial charge is 0.465 e. The Balaban J connectivity index is 1.72. The fourth-order valence-electron chi connectivity index (χ4n) is 3.08. The summed E-state index contributed by atoms with van der Waals surface area (Å²) >= 11 is 0. The maximum absolute atomic E-state index is 11.9. The molecule has 1 aromatic carbocycles. The molecule has 1 aromatic rings. The summed E-state index contributed by atoms with van der Waals surface area (Å²) in [4.78, 5) is 11.9. The molecule has 0 aromatic heterocycles. The van der Waals surface area contributed by atoms with Gasteiger partial charge in [-0.25, -0.2) is 0 Å². The van der Waals surface area contributed by atoms with Gasteiger partial charge in [0.05, 0.1) is 18.6 Å². The Morgan fingerprint density at radius 1 is 1.29 bits per heavy atom. The number of rotatable bonds is 5. The van der Waals surface area contributed by atoms with Crippen LogP contribution in [0.5, 0.6) is 11.5 Å². The van der Waals surface area contributed by atoms with Crippen molar-refractivity contribution in [3.05, 3.63) is 23.8 Å². The van der Waals surface area contributed by atoms with E-state index in [1.165, 1.54) is 0 Å². The zero-order valence-electron chi connectivity index (χ0n) is 12.1. The van der Waals surface area contributed by atoms with Crippen LogP contribution in [0.1, 0.15) is 25.3 Å². The number of cyclic esters (lactones) is 1. The molecule has 5 nitrogen and oxygen atoms in total. The van der Waals surface area contributed by atoms with Crippen LogP contribution in [0.3, 0.4) is 0 Å². The van der Waals surface area contributed by atoms with Crippen molar-refractivity contribution in [2.24, 2.45) is 11.8 Å². The first kappa shape index (κ1) is 14.2. The zero-order valence-corrected chi connectivity index (χ0v) is 12.1. The second kappa shape index (κ2) is 5.93. The Labute approximate surface area is 123 Å². The fraction of sp³-hybridized carbons (Fsp3) is 0.562. The minimum atomic E-state index is -0.621. The Bertz CT molecular complexity index is 527. The molecule has 0 spiro atoms. The number of aliphatic hydroxyl groups excluding tert-OH is 1. The summed E-state index contributed by atoms with van der Waals surface area (Å²) in [6.45, 7) is 2.62. The topological polar surface area (TPSA) is 65.0 Å². The SMILES string of the molecule is CCC[C@@H](O)[C@H]1C(=O)OC[C@@H]1Cc1ccc2c(c1)OCO2. The number of hydrogen-bond donors (Lipinski definition) is 1. The van der Waals surface area contributed by atoms with Gasteiger partial charge in [-0.15, -0.1) is 0 Å². The number of ether oxygens (including phenoxy) is 3. The summed E-state index contributed by atoms with van der Waals surface area (Å²) in [6, 6.07) is 5.79. The van der Waals surface area contributed by atoms with E-state index in [1.54, 1.807) is 0 Å². The van der Waals surface area contributed by atoms with E-state index in [0.29, 0.717) is 19.4 Å². The molecule has 5 heteroatoms. The van der Waals surface area contributed by atoms with Gasteiger partial charge in [0.15, 0.2) is 11.5 Å². The monoisotopic (exact) mass is 292 g/mol. The zero-order chi connectivity index (χ0) is 14.8. The second-order valence-electron chi connectivity index (χ2n) is 5.66. The summed E-state index contributed by atoms with van der Waals surface area (Å²) in [5.41, 5.74) is 1.07. The van der Waals surface area contributed by atoms with Gasteiger partial charge in [0.1, 0.15) is 0 Å². The van der Waals surface area contributed by atoms with E-state index in [-0.39, 0.29) is 18.7 Å². The molecule has 3 atom stereocenters. The average Bonchev–Trinajstić information content (AvgIpc) is 3.05. The first-order valence-corrected chi connectivity index (χ1v) is 7.42. The minimum Gasteiger partial charge on any atom is -0.465 e. The summed E-state index contributed by atoms with van der Waals surface area (Å²) in [5.74, 6) is 0.806. The standard InChI is InChI=1S/C16H20O5/c1-2-3-12(17)15-11(8-19-16(15)18)6-10-4-5-13-14(7-10)21-9-20-13/h4-5,7,11-12,15,17H,2-3,6,8-9H2,1H3/t11-,12+,15-/m0/s1. The predicted octanol–water partition coefficient (Wildman–Crippen LogP) is 1.91. The van der Waals surface area contributed by atoms with Crippen LogP contribution in [0.4, 0.5) is 0 Å². The van der Waals surface area contributed by atoms with Gasteiger partial charge in [-0.3, -0.25) is 4.79 Å². The van der Waals surface area contributed by atoms with Crippen LogP contribution in [-0.2, 0) is 16.0 Å². The highest BCUT2D eigenvalue weighted by atomic mass is 16.7. The summed E-state index contributed by atoms with van der Waals surface area (Å²) in [5, 5.41) is 10.2. The third-order valence-electron chi connectivity index (χ3n) is 4.15. The number of carbonyl (C=O) groups is 1. The summed E-state index contributed by atoms with van der Waals surface area (Å²) in [6.07, 6.45) is 1.54. The van der Waals surface area contributed by atoms with Crippen molar-refractivity contribution in [3.63, 3.8) is 0 Å². The Morgan fingerprint density at radius 3 is 2.90 bits per heavy atom. The van der Waals surface area contributed by atoms with Crippen molar-refractivity contribution < 1.29 is 24.1 Å². The van der Waals surface area contributed by atoms with Crippen molar-refractivity contribution in [3.8, 4) is 11.5 Å². The molecule has 114 valence electrons. The molecule has 0 aliphatic carbocycles. The number of esters is 1. The van der Waals surface area contributed by atoms with Gasteiger partial charge in [-0.05, 0) is 30.5 Å². The lowest BCUT2D eigenvalue weighted by molar-refractivity contribution is -0.144. The molecule has 1 N–H and O–H groups in total. The van der Waals surface area contributed by atoms with Crippen LogP contribution in [0.25, 0.3) is 0 Å². The minimum absolute atomic E-state index is 0.0134. The van der Waals surface area contributed by atoms with Gasteiger partial charge in [-0.1, -0.05) is 19.4 Å². The van der Waals surface area contributed by atoms with E-state index in [2.05, 4.69) is 0 Å². The maximum atomic E-state index is 11.9. The van der Waals surface area contributed by atoms with Gasteiger partial charge in [0, 0.05) is 5.92 Å². The predicted molar refractivity (Wildman–Crippen MR) is 75.1 cm³/mol. The highest BCUT2D eigenvalue weighted by molar-refractivity contribution is 5.75. The molecular weight excluding hydrogens is 272 g/mol. The van der Waals surface area contributed by atoms with E-state index < -0.39 is 12.0 Å². The highest BCUT2D eigenvalue weighted by Crippen LogP contribution is 2.35. The van der Waals surface area contributed by atoms with Gasteiger partial charge in [0.2, 0.25) is 6.79 Å². The molecular formula is C16H20O5. The molecule has 1 saturated heterocycles. The highest BCUT2D eigenvalue weighted by Gasteiger charge is 2.41. The second-order valence-corrected chi connectivity index (χ2v) is 5.66. The molecule has 3 rings (SSSR count). The maximum Gasteiger partial charge on any atom is 0.312 e. The average molecular weight is 292 g/mol. The van der Waals surface area contributed by atoms with Crippen LogP contribution in [0.2, 0.25) is 0 Å². The third-order valence-corrected chi connectivity index (χ3v) is 4.15. The summed E-state index contributed by atoms with van der Waals surface area (Å²) in [7, 11) is 0. The van der Waals surface area contributed by atoms with E-state index >= 15 is 0 Å². The molecule has 0 bridgehead atoms. The molecule has 2 heterocycles. The first-order chi connectivity index (χ1) is 10.2. The van der Waals surface area contributed by atoms with Crippen LogP contribution >= 0.6 is 0 Å². The van der Waals surface area contributed by atoms with Gasteiger partial charge >= 0.3 is 5.97 Å². The molecule has 1 fully saturated rings. The van der Waals surface area contributed by atoms with Crippen molar-refractivity contribution >= 4 is 5.97 Å². The van der Waals surface area contributed by atoms with Crippen LogP contribution in [0, 0.1) is 11.8 Å². The lowest BCUT2D eigenvalue weighted by Gasteiger charge is -2.20. The van der Waals surface area contributed by atoms with E-state index in [4.69, 9.17) is 14.2 Å². The van der Waals surface area contributed by atoms with Crippen LogP contribution in [-0.4, -0.2) is 30.6 Å². The fourth-order valence-corrected chi connectivity index (χ4v) is 3.08. The molecule has 0 saturated carbocycles. The van der Waals surface area contributed by atoms with E-state index in [0.717, 1.165) is 23.5 Å². The number of benzene rings is 1. The Kier molecular flexibility index (Phi) is 4.01. The van der Waals surface area contributed by atoms with Crippen molar-refractivity contribution in [1.82, 2.24) is 0 Å². The quantitative estimate of drug-likeness (QED) is 0.840. The summed E-state index contributed by atoms with van der Waals surface area (Å²) < 4.78 is 15.8. The number of carbonyl (C=O) groups excluding carboxylic acids is 1. The van der Waals surface area contributed by atoms with Crippen LogP contribution in [0.15, 0.2) is 18.2 Å². The lowest BCUT2D eigenvalue weighted by atomic mass is 9.84. The normalized spacial score (nSPS) is 25.0. The molecule has 2 aliphatic heterocycles. The van der Waals surface area contributed by atoms with Crippen LogP contribution < -0.4 is 9.47 Å². The number of aliphatic hydroxyl groups is 1. The van der Waals surface area contributed by atoms with Gasteiger partial charge in [-0.2, -0.15) is 0 Å². The smallest absolute Gasteiger partial charge is 0.312 e. The van der Waals surface area contributed by atoms with E-state index in [9.17, 15) is 9.90 Å². The number of fused-ring (bicyclic) bond motifs is 1. The first-order valence-electron chi connectivity index (χ1n) is 7.42. The molecule has 2 aliphatic rings. The molecule has 0 unspecified atom stereocenters. The Morgan fingerprint density at radius 2 is 2.10 bits per heavy atom. The van der Waals surface area contributed by atoms with E-state index in [1.807, 2.05) is 25.1 Å². The molecule has 0 amide bonds. The third kappa shape index (κ3) is 2.83. The van der Waals surface area contributed by atoms with Gasteiger partial charge in [0.25, 0.3) is 0 Å². The Hall–Kier alpha value is -1.75.